The van der Waals surface area contributed by atoms with Gasteiger partial charge in [-0.05, 0) is 51.0 Å². The van der Waals surface area contributed by atoms with Crippen molar-refractivity contribution in [2.45, 2.75) is 34.2 Å². The van der Waals surface area contributed by atoms with E-state index in [1.807, 2.05) is 13.8 Å². The third-order valence-corrected chi connectivity index (χ3v) is 3.18. The van der Waals surface area contributed by atoms with E-state index in [4.69, 9.17) is 10.5 Å². The Morgan fingerprint density at radius 2 is 1.95 bits per heavy atom. The van der Waals surface area contributed by atoms with E-state index in [1.165, 1.54) is 0 Å². The summed E-state index contributed by atoms with van der Waals surface area (Å²) in [6.45, 7) is 9.19. The van der Waals surface area contributed by atoms with Gasteiger partial charge in [0.25, 0.3) is 0 Å². The molecule has 0 aliphatic heterocycles. The number of hydrogen-bond donors (Lipinski definition) is 2. The molecule has 1 aromatic carbocycles. The maximum absolute atomic E-state index is 5.77. The van der Waals surface area contributed by atoms with Gasteiger partial charge in [-0.2, -0.15) is 0 Å². The molecular weight excluding hydrogens is 238 g/mol. The second kappa shape index (κ2) is 5.45. The summed E-state index contributed by atoms with van der Waals surface area (Å²) in [5.74, 6) is 1.83. The SMILES string of the molecule is CCOc1cc(C)c(-c2nc(C)[nH]c2CN)cc1C. The van der Waals surface area contributed by atoms with Gasteiger partial charge in [-0.3, -0.25) is 0 Å². The van der Waals surface area contributed by atoms with Gasteiger partial charge in [0, 0.05) is 12.1 Å². The minimum atomic E-state index is 0.460. The Labute approximate surface area is 114 Å². The van der Waals surface area contributed by atoms with Crippen LogP contribution in [0.5, 0.6) is 5.75 Å². The molecule has 2 aromatic rings. The number of aromatic nitrogens is 2. The fourth-order valence-corrected chi connectivity index (χ4v) is 2.27. The lowest BCUT2D eigenvalue weighted by Crippen LogP contribution is -2.00. The van der Waals surface area contributed by atoms with Crippen LogP contribution in [-0.4, -0.2) is 16.6 Å². The number of benzene rings is 1. The Balaban J connectivity index is 2.53. The van der Waals surface area contributed by atoms with E-state index in [2.05, 4.69) is 35.9 Å². The maximum Gasteiger partial charge on any atom is 0.122 e. The average molecular weight is 259 g/mol. The largest absolute Gasteiger partial charge is 0.494 e. The Morgan fingerprint density at radius 3 is 2.58 bits per heavy atom. The van der Waals surface area contributed by atoms with Crippen LogP contribution in [0.1, 0.15) is 29.6 Å². The summed E-state index contributed by atoms with van der Waals surface area (Å²) in [6, 6.07) is 4.19. The molecule has 0 bridgehead atoms. The first-order valence-corrected chi connectivity index (χ1v) is 6.56. The van der Waals surface area contributed by atoms with E-state index >= 15 is 0 Å². The molecule has 0 atom stereocenters. The smallest absolute Gasteiger partial charge is 0.122 e. The van der Waals surface area contributed by atoms with Crippen LogP contribution in [0.4, 0.5) is 0 Å². The van der Waals surface area contributed by atoms with Gasteiger partial charge in [-0.15, -0.1) is 0 Å². The van der Waals surface area contributed by atoms with Crippen LogP contribution in [0, 0.1) is 20.8 Å². The number of nitrogens with one attached hydrogen (secondary N) is 1. The minimum Gasteiger partial charge on any atom is -0.494 e. The number of rotatable bonds is 4. The standard InChI is InChI=1S/C15H21N3O/c1-5-19-14-7-9(2)12(6-10(14)3)15-13(8-16)17-11(4)18-15/h6-7H,5,8,16H2,1-4H3,(H,17,18). The number of aryl methyl sites for hydroxylation is 3. The van der Waals surface area contributed by atoms with Gasteiger partial charge in [0.2, 0.25) is 0 Å². The fourth-order valence-electron chi connectivity index (χ4n) is 2.27. The van der Waals surface area contributed by atoms with Crippen molar-refractivity contribution in [3.05, 3.63) is 34.8 Å². The first-order valence-electron chi connectivity index (χ1n) is 6.56. The Hall–Kier alpha value is -1.81. The molecule has 3 N–H and O–H groups in total. The molecule has 0 spiro atoms. The van der Waals surface area contributed by atoms with Crippen LogP contribution in [0.2, 0.25) is 0 Å². The summed E-state index contributed by atoms with van der Waals surface area (Å²) in [6.07, 6.45) is 0. The van der Waals surface area contributed by atoms with Crippen molar-refractivity contribution in [2.75, 3.05) is 6.61 Å². The summed E-state index contributed by atoms with van der Waals surface area (Å²) in [4.78, 5) is 7.76. The minimum absolute atomic E-state index is 0.460. The van der Waals surface area contributed by atoms with Crippen LogP contribution in [-0.2, 0) is 6.54 Å². The van der Waals surface area contributed by atoms with Gasteiger partial charge in [0.05, 0.1) is 18.0 Å². The van der Waals surface area contributed by atoms with Crippen LogP contribution in [0.3, 0.4) is 0 Å². The monoisotopic (exact) mass is 259 g/mol. The highest BCUT2D eigenvalue weighted by atomic mass is 16.5. The van der Waals surface area contributed by atoms with E-state index in [1.54, 1.807) is 0 Å². The molecule has 4 heteroatoms. The van der Waals surface area contributed by atoms with Gasteiger partial charge in [0.15, 0.2) is 0 Å². The van der Waals surface area contributed by atoms with E-state index in [0.717, 1.165) is 39.7 Å². The highest BCUT2D eigenvalue weighted by molar-refractivity contribution is 5.68. The maximum atomic E-state index is 5.77. The Morgan fingerprint density at radius 1 is 1.21 bits per heavy atom. The number of nitrogens with zero attached hydrogens (tertiary/aromatic N) is 1. The lowest BCUT2D eigenvalue weighted by Gasteiger charge is -2.12. The first-order chi connectivity index (χ1) is 9.06. The van der Waals surface area contributed by atoms with E-state index in [-0.39, 0.29) is 0 Å². The predicted molar refractivity (Wildman–Crippen MR) is 77.3 cm³/mol. The lowest BCUT2D eigenvalue weighted by atomic mass is 10.0. The number of imidazole rings is 1. The number of nitrogens with two attached hydrogens (primary N) is 1. The van der Waals surface area contributed by atoms with E-state index < -0.39 is 0 Å². The fraction of sp³-hybridized carbons (Fsp3) is 0.400. The molecule has 2 rings (SSSR count). The molecule has 1 aromatic heterocycles. The second-order valence-electron chi connectivity index (χ2n) is 4.72. The van der Waals surface area contributed by atoms with E-state index in [9.17, 15) is 0 Å². The van der Waals surface area contributed by atoms with Gasteiger partial charge < -0.3 is 15.5 Å². The van der Waals surface area contributed by atoms with Crippen LogP contribution in [0.25, 0.3) is 11.3 Å². The van der Waals surface area contributed by atoms with Crippen molar-refractivity contribution in [2.24, 2.45) is 5.73 Å². The van der Waals surface area contributed by atoms with Gasteiger partial charge >= 0.3 is 0 Å². The molecule has 0 saturated carbocycles. The predicted octanol–water partition coefficient (Wildman–Crippen LogP) is 2.86. The lowest BCUT2D eigenvalue weighted by molar-refractivity contribution is 0.337. The zero-order valence-electron chi connectivity index (χ0n) is 12.0. The van der Waals surface area contributed by atoms with Crippen LogP contribution < -0.4 is 10.5 Å². The Bertz CT molecular complexity index is 587. The third kappa shape index (κ3) is 2.63. The number of aromatic amines is 1. The van der Waals surface area contributed by atoms with E-state index in [0.29, 0.717) is 13.2 Å². The van der Waals surface area contributed by atoms with Gasteiger partial charge in [-0.1, -0.05) is 0 Å². The highest BCUT2D eigenvalue weighted by Crippen LogP contribution is 2.31. The summed E-state index contributed by atoms with van der Waals surface area (Å²) in [5, 5.41) is 0. The third-order valence-electron chi connectivity index (χ3n) is 3.18. The summed E-state index contributed by atoms with van der Waals surface area (Å²) in [5.41, 5.74) is 11.1. The highest BCUT2D eigenvalue weighted by Gasteiger charge is 2.13. The molecule has 19 heavy (non-hydrogen) atoms. The number of hydrogen-bond acceptors (Lipinski definition) is 3. The first kappa shape index (κ1) is 13.6. The average Bonchev–Trinajstić information content (AvgIpc) is 2.75. The molecule has 4 nitrogen and oxygen atoms in total. The molecule has 102 valence electrons. The summed E-state index contributed by atoms with van der Waals surface area (Å²) >= 11 is 0. The molecule has 1 heterocycles. The quantitative estimate of drug-likeness (QED) is 0.887. The topological polar surface area (TPSA) is 63.9 Å². The van der Waals surface area contributed by atoms with Crippen molar-refractivity contribution < 1.29 is 4.74 Å². The second-order valence-corrected chi connectivity index (χ2v) is 4.72. The molecule has 0 amide bonds. The molecule has 0 aliphatic rings. The van der Waals surface area contributed by atoms with Crippen molar-refractivity contribution >= 4 is 0 Å². The zero-order valence-corrected chi connectivity index (χ0v) is 12.0. The van der Waals surface area contributed by atoms with Crippen molar-refractivity contribution in [3.8, 4) is 17.0 Å². The zero-order chi connectivity index (χ0) is 14.0. The summed E-state index contributed by atoms with van der Waals surface area (Å²) < 4.78 is 5.62. The van der Waals surface area contributed by atoms with Crippen LogP contribution >= 0.6 is 0 Å². The van der Waals surface area contributed by atoms with Crippen molar-refractivity contribution in [1.29, 1.82) is 0 Å². The van der Waals surface area contributed by atoms with Gasteiger partial charge in [0.1, 0.15) is 11.6 Å². The Kier molecular flexibility index (Phi) is 3.90. The molecule has 0 radical (unpaired) electrons. The molecular formula is C15H21N3O. The van der Waals surface area contributed by atoms with Crippen LogP contribution in [0.15, 0.2) is 12.1 Å². The number of H-pyrrole nitrogens is 1. The molecule has 0 aliphatic carbocycles. The molecule has 0 unspecified atom stereocenters. The molecule has 0 fully saturated rings. The number of ether oxygens (including phenoxy) is 1. The molecule has 0 saturated heterocycles. The van der Waals surface area contributed by atoms with Gasteiger partial charge in [-0.25, -0.2) is 4.98 Å². The van der Waals surface area contributed by atoms with Crippen molar-refractivity contribution in [3.63, 3.8) is 0 Å². The summed E-state index contributed by atoms with van der Waals surface area (Å²) in [7, 11) is 0. The van der Waals surface area contributed by atoms with Crippen molar-refractivity contribution in [1.82, 2.24) is 9.97 Å². The normalized spacial score (nSPS) is 10.8.